The number of nitrogens with one attached hydrogen (secondary N) is 1. The molecule has 4 rings (SSSR count). The Kier molecular flexibility index (Phi) is 4.91. The second kappa shape index (κ2) is 7.24. The predicted octanol–water partition coefficient (Wildman–Crippen LogP) is 3.35. The summed E-state index contributed by atoms with van der Waals surface area (Å²) in [6.07, 6.45) is 7.35. The van der Waals surface area contributed by atoms with Crippen molar-refractivity contribution < 1.29 is 9.53 Å². The average molecular weight is 405 g/mol. The molecule has 2 aromatic rings. The van der Waals surface area contributed by atoms with Crippen LogP contribution in [-0.4, -0.2) is 50.8 Å². The maximum Gasteiger partial charge on any atom is 0.237 e. The van der Waals surface area contributed by atoms with Crippen LogP contribution in [0, 0.1) is 12.3 Å². The lowest BCUT2D eigenvalue weighted by atomic mass is 10.0. The van der Waals surface area contributed by atoms with Gasteiger partial charge in [-0.3, -0.25) is 9.48 Å². The van der Waals surface area contributed by atoms with Crippen LogP contribution in [-0.2, 0) is 4.79 Å². The number of methoxy groups -OCH3 is 1. The fraction of sp³-hybridized carbons (Fsp3) is 0.579. The van der Waals surface area contributed by atoms with Crippen LogP contribution in [0.1, 0.15) is 44.3 Å². The first-order valence-corrected chi connectivity index (χ1v) is 9.96. The van der Waals surface area contributed by atoms with Crippen molar-refractivity contribution in [2.75, 3.05) is 25.5 Å². The Balaban J connectivity index is 1.41. The van der Waals surface area contributed by atoms with Crippen LogP contribution in [0.3, 0.4) is 0 Å². The molecule has 1 saturated heterocycles. The molecule has 0 atom stereocenters. The molecule has 1 amide bonds. The van der Waals surface area contributed by atoms with Crippen LogP contribution in [0.15, 0.2) is 12.4 Å². The Hall–Kier alpha value is -2.35. The molecule has 0 bridgehead atoms. The molecular formula is C19H25ClN6O2. The van der Waals surface area contributed by atoms with Gasteiger partial charge in [0.2, 0.25) is 17.7 Å². The lowest BCUT2D eigenvalue weighted by Crippen LogP contribution is -2.42. The van der Waals surface area contributed by atoms with Crippen LogP contribution in [0.4, 0.5) is 11.6 Å². The van der Waals surface area contributed by atoms with Crippen LogP contribution < -0.4 is 10.1 Å². The molecule has 0 aromatic carbocycles. The number of ether oxygens (including phenoxy) is 1. The second-order valence-corrected chi connectivity index (χ2v) is 8.28. The average Bonchev–Trinajstić information content (AvgIpc) is 3.36. The monoisotopic (exact) mass is 404 g/mol. The zero-order chi connectivity index (χ0) is 19.9. The number of rotatable bonds is 5. The number of carbonyl (C=O) groups is 1. The molecule has 2 fully saturated rings. The number of hydrogen-bond donors (Lipinski definition) is 1. The zero-order valence-corrected chi connectivity index (χ0v) is 17.2. The highest BCUT2D eigenvalue weighted by Gasteiger charge is 2.47. The number of hydrogen-bond acceptors (Lipinski definition) is 6. The number of aryl methyl sites for hydroxylation is 1. The molecule has 150 valence electrons. The maximum absolute atomic E-state index is 12.5. The highest BCUT2D eigenvalue weighted by molar-refractivity contribution is 6.31. The van der Waals surface area contributed by atoms with Crippen LogP contribution in [0.25, 0.3) is 0 Å². The van der Waals surface area contributed by atoms with Gasteiger partial charge in [-0.2, -0.15) is 10.1 Å². The Bertz CT molecular complexity index is 887. The van der Waals surface area contributed by atoms with E-state index in [2.05, 4.69) is 27.3 Å². The molecule has 3 heterocycles. The summed E-state index contributed by atoms with van der Waals surface area (Å²) >= 11 is 5.98. The van der Waals surface area contributed by atoms with Crippen molar-refractivity contribution in [1.82, 2.24) is 24.6 Å². The summed E-state index contributed by atoms with van der Waals surface area (Å²) < 4.78 is 7.13. The topological polar surface area (TPSA) is 85.2 Å². The fourth-order valence-electron chi connectivity index (χ4n) is 3.58. The highest BCUT2D eigenvalue weighted by Crippen LogP contribution is 2.47. The molecule has 8 nitrogen and oxygen atoms in total. The maximum atomic E-state index is 12.5. The van der Waals surface area contributed by atoms with Gasteiger partial charge in [0.1, 0.15) is 5.02 Å². The lowest BCUT2D eigenvalue weighted by molar-refractivity contribution is -0.137. The van der Waals surface area contributed by atoms with Gasteiger partial charge in [0.15, 0.2) is 0 Å². The van der Waals surface area contributed by atoms with Gasteiger partial charge in [-0.15, -0.1) is 0 Å². The Morgan fingerprint density at radius 3 is 2.71 bits per heavy atom. The predicted molar refractivity (Wildman–Crippen MR) is 106 cm³/mol. The van der Waals surface area contributed by atoms with Gasteiger partial charge in [0.05, 0.1) is 30.7 Å². The molecule has 0 spiro atoms. The summed E-state index contributed by atoms with van der Waals surface area (Å²) in [7, 11) is 1.52. The fourth-order valence-corrected chi connectivity index (χ4v) is 3.75. The first kappa shape index (κ1) is 19.0. The molecule has 9 heteroatoms. The molecule has 2 aliphatic rings. The quantitative estimate of drug-likeness (QED) is 0.822. The van der Waals surface area contributed by atoms with Gasteiger partial charge in [0, 0.05) is 24.7 Å². The summed E-state index contributed by atoms with van der Waals surface area (Å²) in [5.41, 5.74) is 1.61. The zero-order valence-electron chi connectivity index (χ0n) is 16.4. The van der Waals surface area contributed by atoms with Gasteiger partial charge in [-0.05, 0) is 32.6 Å². The van der Waals surface area contributed by atoms with E-state index in [9.17, 15) is 4.79 Å². The minimum Gasteiger partial charge on any atom is -0.480 e. The smallest absolute Gasteiger partial charge is 0.237 e. The van der Waals surface area contributed by atoms with E-state index < -0.39 is 0 Å². The number of carbonyl (C=O) groups excluding carboxylic acids is 1. The summed E-state index contributed by atoms with van der Waals surface area (Å²) in [6, 6.07) is 0.283. The third kappa shape index (κ3) is 3.65. The molecule has 1 aliphatic heterocycles. The molecular weight excluding hydrogens is 380 g/mol. The summed E-state index contributed by atoms with van der Waals surface area (Å²) in [4.78, 5) is 23.0. The van der Waals surface area contributed by atoms with E-state index in [1.165, 1.54) is 13.3 Å². The lowest BCUT2D eigenvalue weighted by Gasteiger charge is -2.33. The summed E-state index contributed by atoms with van der Waals surface area (Å²) in [6.45, 7) is 5.60. The van der Waals surface area contributed by atoms with E-state index in [1.54, 1.807) is 0 Å². The van der Waals surface area contributed by atoms with Crippen LogP contribution in [0.2, 0.25) is 5.02 Å². The SMILES string of the molecule is COc1nc(Nc2cn(C3CCN(C(=O)C4(C)CC4)CC3)nc2C)ncc1Cl. The number of nitrogens with zero attached hydrogens (tertiary/aromatic N) is 5. The van der Waals surface area contributed by atoms with Gasteiger partial charge < -0.3 is 15.0 Å². The van der Waals surface area contributed by atoms with Crippen molar-refractivity contribution in [2.45, 2.75) is 45.6 Å². The number of amides is 1. The van der Waals surface area contributed by atoms with Gasteiger partial charge in [-0.1, -0.05) is 18.5 Å². The van der Waals surface area contributed by atoms with Gasteiger partial charge in [-0.25, -0.2) is 4.98 Å². The van der Waals surface area contributed by atoms with E-state index in [0.717, 1.165) is 50.2 Å². The minimum absolute atomic E-state index is 0.0914. The number of aromatic nitrogens is 4. The van der Waals surface area contributed by atoms with E-state index in [4.69, 9.17) is 16.3 Å². The van der Waals surface area contributed by atoms with Gasteiger partial charge in [0.25, 0.3) is 0 Å². The van der Waals surface area contributed by atoms with E-state index >= 15 is 0 Å². The van der Waals surface area contributed by atoms with Crippen molar-refractivity contribution in [3.63, 3.8) is 0 Å². The van der Waals surface area contributed by atoms with E-state index in [1.807, 2.05) is 22.7 Å². The van der Waals surface area contributed by atoms with Crippen molar-refractivity contribution in [3.05, 3.63) is 23.1 Å². The van der Waals surface area contributed by atoms with E-state index in [0.29, 0.717) is 22.8 Å². The molecule has 0 unspecified atom stereocenters. The number of anilines is 2. The first-order valence-electron chi connectivity index (χ1n) is 9.58. The second-order valence-electron chi connectivity index (χ2n) is 7.87. The summed E-state index contributed by atoms with van der Waals surface area (Å²) in [5.74, 6) is 1.05. The molecule has 1 N–H and O–H groups in total. The normalized spacial score (nSPS) is 18.8. The Morgan fingerprint density at radius 2 is 2.07 bits per heavy atom. The van der Waals surface area contributed by atoms with Crippen molar-refractivity contribution >= 4 is 29.1 Å². The van der Waals surface area contributed by atoms with Crippen molar-refractivity contribution in [1.29, 1.82) is 0 Å². The summed E-state index contributed by atoms with van der Waals surface area (Å²) in [5, 5.41) is 8.20. The number of likely N-dealkylation sites (tertiary alicyclic amines) is 1. The number of halogens is 1. The Morgan fingerprint density at radius 1 is 1.36 bits per heavy atom. The largest absolute Gasteiger partial charge is 0.480 e. The van der Waals surface area contributed by atoms with Crippen molar-refractivity contribution in [3.8, 4) is 5.88 Å². The number of piperidine rings is 1. The van der Waals surface area contributed by atoms with Crippen LogP contribution in [0.5, 0.6) is 5.88 Å². The molecule has 28 heavy (non-hydrogen) atoms. The molecule has 0 radical (unpaired) electrons. The van der Waals surface area contributed by atoms with Crippen molar-refractivity contribution in [2.24, 2.45) is 5.41 Å². The molecule has 2 aromatic heterocycles. The van der Waals surface area contributed by atoms with Crippen LogP contribution >= 0.6 is 11.6 Å². The van der Waals surface area contributed by atoms with Gasteiger partial charge >= 0.3 is 0 Å². The molecule has 1 aliphatic carbocycles. The third-order valence-electron chi connectivity index (χ3n) is 5.71. The standard InChI is InChI=1S/C19H25ClN6O2/c1-12-15(22-18-21-10-14(20)16(23-18)28-3)11-26(24-12)13-4-8-25(9-5-13)17(27)19(2)6-7-19/h10-11,13H,4-9H2,1-3H3,(H,21,22,23). The molecule has 1 saturated carbocycles. The minimum atomic E-state index is -0.0914. The van der Waals surface area contributed by atoms with E-state index in [-0.39, 0.29) is 11.5 Å². The first-order chi connectivity index (χ1) is 13.4. The third-order valence-corrected chi connectivity index (χ3v) is 5.97. The Labute approximate surface area is 169 Å². The highest BCUT2D eigenvalue weighted by atomic mass is 35.5.